The van der Waals surface area contributed by atoms with Gasteiger partial charge in [-0.3, -0.25) is 0 Å². The van der Waals surface area contributed by atoms with Crippen molar-refractivity contribution in [2.75, 3.05) is 0 Å². The maximum Gasteiger partial charge on any atom is 0.144 e. The van der Waals surface area contributed by atoms with Gasteiger partial charge in [-0.25, -0.2) is 0 Å². The van der Waals surface area contributed by atoms with Crippen molar-refractivity contribution >= 4 is 28.5 Å². The second-order valence-corrected chi connectivity index (χ2v) is 11.9. The molecule has 0 aliphatic rings. The van der Waals surface area contributed by atoms with Crippen molar-refractivity contribution in [2.24, 2.45) is 0 Å². The van der Waals surface area contributed by atoms with Crippen LogP contribution in [-0.4, -0.2) is 0 Å². The van der Waals surface area contributed by atoms with Gasteiger partial charge in [-0.15, -0.1) is 0 Å². The van der Waals surface area contributed by atoms with E-state index in [1.54, 1.807) is 0 Å². The summed E-state index contributed by atoms with van der Waals surface area (Å²) < 4.78 is 0. The first-order valence-electron chi connectivity index (χ1n) is 10.2. The second kappa shape index (κ2) is 7.97. The van der Waals surface area contributed by atoms with Crippen molar-refractivity contribution in [3.05, 3.63) is 121 Å². The molecule has 4 rings (SSSR count). The van der Waals surface area contributed by atoms with Crippen molar-refractivity contribution in [1.82, 2.24) is 0 Å². The number of hydrogen-bond donors (Lipinski definition) is 0. The van der Waals surface area contributed by atoms with Crippen LogP contribution in [-0.2, 0) is 5.41 Å². The molecule has 0 atom stereocenters. The Kier molecular flexibility index (Phi) is 5.39. The van der Waals surface area contributed by atoms with Crippen LogP contribution in [0.15, 0.2) is 115 Å². The van der Waals surface area contributed by atoms with Crippen LogP contribution in [0.5, 0.6) is 0 Å². The van der Waals surface area contributed by atoms with E-state index in [0.29, 0.717) is 0 Å². The zero-order valence-corrected chi connectivity index (χ0v) is 18.3. The van der Waals surface area contributed by atoms with Gasteiger partial charge in [-0.2, -0.15) is 0 Å². The summed E-state index contributed by atoms with van der Waals surface area (Å²) in [5.41, 5.74) is 1.51. The maximum absolute atomic E-state index is 2.36. The van der Waals surface area contributed by atoms with Crippen LogP contribution in [0.1, 0.15) is 26.3 Å². The summed E-state index contributed by atoms with van der Waals surface area (Å²) in [6.45, 7) is 6.82. The first-order chi connectivity index (χ1) is 14.0. The molecule has 0 amide bonds. The zero-order valence-electron chi connectivity index (χ0n) is 17.4. The van der Waals surface area contributed by atoms with E-state index in [4.69, 9.17) is 0 Å². The Morgan fingerprint density at radius 1 is 0.414 bits per heavy atom. The minimum atomic E-state index is -1.98. The van der Waals surface area contributed by atoms with Gasteiger partial charge in [0.05, 0.1) is 0 Å². The van der Waals surface area contributed by atoms with Gasteiger partial charge < -0.3 is 0 Å². The number of hydrogen-bond acceptors (Lipinski definition) is 0. The molecule has 0 saturated carbocycles. The topological polar surface area (TPSA) is 0 Å². The van der Waals surface area contributed by atoms with Crippen LogP contribution >= 0.6 is 7.26 Å². The van der Waals surface area contributed by atoms with Gasteiger partial charge in [0, 0.05) is 0 Å². The molecule has 0 heterocycles. The molecule has 0 fully saturated rings. The maximum atomic E-state index is 2.36. The lowest BCUT2D eigenvalue weighted by molar-refractivity contribution is 0.590. The number of benzene rings is 4. The Bertz CT molecular complexity index is 947. The Hall–Kier alpha value is -2.69. The first-order valence-corrected chi connectivity index (χ1v) is 12.0. The average molecular weight is 396 g/mol. The molecule has 4 aromatic carbocycles. The molecule has 0 bridgehead atoms. The fourth-order valence-electron chi connectivity index (χ4n) is 4.03. The summed E-state index contributed by atoms with van der Waals surface area (Å²) in [7, 11) is -1.98. The third-order valence-corrected chi connectivity index (χ3v) is 9.84. The standard InChI is InChI=1S/C28H28P/c1-28(2,3)23-19-21-27(22-20-23)29(24-13-7-4-8-14-24,25-15-9-5-10-16-25)26-17-11-6-12-18-26/h4-22H,1-3H3/q+1. The molecule has 0 N–H and O–H groups in total. The smallest absolute Gasteiger partial charge is 0.0620 e. The van der Waals surface area contributed by atoms with E-state index >= 15 is 0 Å². The molecule has 0 aliphatic carbocycles. The first kappa shape index (κ1) is 19.6. The summed E-state index contributed by atoms with van der Waals surface area (Å²) >= 11 is 0. The lowest BCUT2D eigenvalue weighted by Crippen LogP contribution is -2.38. The predicted molar refractivity (Wildman–Crippen MR) is 130 cm³/mol. The van der Waals surface area contributed by atoms with E-state index in [0.717, 1.165) is 0 Å². The SMILES string of the molecule is CC(C)(C)c1ccc([P+](c2ccccc2)(c2ccccc2)c2ccccc2)cc1. The van der Waals surface area contributed by atoms with E-state index in [-0.39, 0.29) is 5.41 Å². The third-order valence-electron chi connectivity index (χ3n) is 5.55. The van der Waals surface area contributed by atoms with Crippen LogP contribution < -0.4 is 21.2 Å². The minimum absolute atomic E-state index is 0.145. The van der Waals surface area contributed by atoms with Crippen molar-refractivity contribution in [3.63, 3.8) is 0 Å². The largest absolute Gasteiger partial charge is 0.144 e. The molecule has 29 heavy (non-hydrogen) atoms. The lowest BCUT2D eigenvalue weighted by Gasteiger charge is -2.28. The van der Waals surface area contributed by atoms with Crippen molar-refractivity contribution in [3.8, 4) is 0 Å². The molecule has 0 aliphatic heterocycles. The summed E-state index contributed by atoms with van der Waals surface area (Å²) in [5, 5.41) is 5.57. The van der Waals surface area contributed by atoms with Gasteiger partial charge in [0.2, 0.25) is 0 Å². The zero-order chi connectivity index (χ0) is 20.3. The average Bonchev–Trinajstić information content (AvgIpc) is 2.76. The molecule has 144 valence electrons. The number of rotatable bonds is 4. The fraction of sp³-hybridized carbons (Fsp3) is 0.143. The van der Waals surface area contributed by atoms with Crippen molar-refractivity contribution in [1.29, 1.82) is 0 Å². The van der Waals surface area contributed by atoms with Crippen LogP contribution in [0, 0.1) is 0 Å². The molecule has 0 spiro atoms. The Balaban J connectivity index is 2.06. The van der Waals surface area contributed by atoms with Crippen LogP contribution in [0.3, 0.4) is 0 Å². The van der Waals surface area contributed by atoms with Gasteiger partial charge in [-0.1, -0.05) is 87.5 Å². The van der Waals surface area contributed by atoms with Crippen LogP contribution in [0.4, 0.5) is 0 Å². The lowest BCUT2D eigenvalue weighted by atomic mass is 9.87. The highest BCUT2D eigenvalue weighted by atomic mass is 31.2. The monoisotopic (exact) mass is 395 g/mol. The van der Waals surface area contributed by atoms with E-state index in [1.165, 1.54) is 26.8 Å². The van der Waals surface area contributed by atoms with E-state index < -0.39 is 7.26 Å². The highest BCUT2D eigenvalue weighted by Gasteiger charge is 2.47. The highest BCUT2D eigenvalue weighted by Crippen LogP contribution is 2.54. The van der Waals surface area contributed by atoms with Crippen LogP contribution in [0.2, 0.25) is 0 Å². The van der Waals surface area contributed by atoms with Gasteiger partial charge in [0.1, 0.15) is 28.5 Å². The Labute approximate surface area is 175 Å². The van der Waals surface area contributed by atoms with Gasteiger partial charge in [0.15, 0.2) is 0 Å². The predicted octanol–water partition coefficient (Wildman–Crippen LogP) is 5.60. The quantitative estimate of drug-likeness (QED) is 0.394. The van der Waals surface area contributed by atoms with E-state index in [2.05, 4.69) is 136 Å². The Morgan fingerprint density at radius 3 is 1.03 bits per heavy atom. The van der Waals surface area contributed by atoms with Crippen molar-refractivity contribution < 1.29 is 0 Å². The fourth-order valence-corrected chi connectivity index (χ4v) is 8.28. The third kappa shape index (κ3) is 3.66. The molecular weight excluding hydrogens is 367 g/mol. The summed E-state index contributed by atoms with van der Waals surface area (Å²) in [6, 6.07) is 42.5. The second-order valence-electron chi connectivity index (χ2n) is 8.47. The minimum Gasteiger partial charge on any atom is -0.0620 e. The molecule has 4 aromatic rings. The molecular formula is C28H28P+. The molecule has 0 radical (unpaired) electrons. The summed E-state index contributed by atoms with van der Waals surface area (Å²) in [6.07, 6.45) is 0. The molecule has 0 saturated heterocycles. The van der Waals surface area contributed by atoms with Gasteiger partial charge in [0.25, 0.3) is 0 Å². The van der Waals surface area contributed by atoms with E-state index in [9.17, 15) is 0 Å². The highest BCUT2D eigenvalue weighted by molar-refractivity contribution is 8.01. The van der Waals surface area contributed by atoms with Gasteiger partial charge >= 0.3 is 0 Å². The normalized spacial score (nSPS) is 12.0. The molecule has 0 nitrogen and oxygen atoms in total. The summed E-state index contributed by atoms with van der Waals surface area (Å²) in [5.74, 6) is 0. The molecule has 1 heteroatoms. The molecule has 0 unspecified atom stereocenters. The Morgan fingerprint density at radius 2 is 0.724 bits per heavy atom. The molecule has 0 aromatic heterocycles. The van der Waals surface area contributed by atoms with E-state index in [1.807, 2.05) is 0 Å². The summed E-state index contributed by atoms with van der Waals surface area (Å²) in [4.78, 5) is 0. The van der Waals surface area contributed by atoms with Crippen molar-refractivity contribution in [2.45, 2.75) is 26.2 Å². The van der Waals surface area contributed by atoms with Crippen LogP contribution in [0.25, 0.3) is 0 Å². The van der Waals surface area contributed by atoms with Gasteiger partial charge in [-0.05, 0) is 59.5 Å².